The van der Waals surface area contributed by atoms with Crippen LogP contribution in [0, 0.1) is 6.92 Å². The highest BCUT2D eigenvalue weighted by Crippen LogP contribution is 2.37. The molecule has 3 N–H and O–H groups in total. The summed E-state index contributed by atoms with van der Waals surface area (Å²) in [5.41, 5.74) is 2.68. The molecule has 1 saturated carbocycles. The Kier molecular flexibility index (Phi) is 7.88. The summed E-state index contributed by atoms with van der Waals surface area (Å²) in [5.74, 6) is 0.0481. The lowest BCUT2D eigenvalue weighted by Crippen LogP contribution is -2.52. The molecular formula is C27H37N7O3S2. The third kappa shape index (κ3) is 5.57. The lowest BCUT2D eigenvalue weighted by atomic mass is 10.2. The molecule has 0 spiro atoms. The van der Waals surface area contributed by atoms with E-state index in [2.05, 4.69) is 21.6 Å². The van der Waals surface area contributed by atoms with Crippen LogP contribution < -0.4 is 10.6 Å². The van der Waals surface area contributed by atoms with Crippen molar-refractivity contribution >= 4 is 65.2 Å². The summed E-state index contributed by atoms with van der Waals surface area (Å²) >= 11 is 3.01. The molecule has 39 heavy (non-hydrogen) atoms. The number of carbonyl (C=O) groups is 2. The minimum atomic E-state index is -0.692. The Labute approximate surface area is 236 Å². The fraction of sp³-hybridized carbons (Fsp3) is 0.630. The molecule has 2 amide bonds. The predicted octanol–water partition coefficient (Wildman–Crippen LogP) is 3.11. The maximum absolute atomic E-state index is 12.9. The van der Waals surface area contributed by atoms with Crippen molar-refractivity contribution in [1.29, 1.82) is 0 Å². The molecule has 0 radical (unpaired) electrons. The normalized spacial score (nSPS) is 19.8. The molecule has 4 heterocycles. The standard InChI is InChI=1S/C27H37N7O3S2/c1-17-23-20(14-21-24(17)31-27(39-21)29-19(16-35)25(37)34-8-4-5-9-34)38-26(30-23)28-15-22(36)33-12-10-32(11-13-33)18-6-2-3-7-18/h14,18-19,35H,2-13,15-16H2,1H3,(H,28,30)(H,29,31). The van der Waals surface area contributed by atoms with Crippen LogP contribution in [0.4, 0.5) is 10.3 Å². The Hall–Kier alpha value is -2.54. The van der Waals surface area contributed by atoms with Gasteiger partial charge in [0, 0.05) is 50.9 Å². The molecule has 2 aliphatic heterocycles. The Balaban J connectivity index is 1.08. The Morgan fingerprint density at radius 2 is 1.59 bits per heavy atom. The largest absolute Gasteiger partial charge is 0.394 e. The first-order chi connectivity index (χ1) is 19.0. The van der Waals surface area contributed by atoms with Crippen molar-refractivity contribution in [2.24, 2.45) is 0 Å². The van der Waals surface area contributed by atoms with Crippen LogP contribution in [-0.4, -0.2) is 106 Å². The number of hydrogen-bond donors (Lipinski definition) is 3. The van der Waals surface area contributed by atoms with Gasteiger partial charge in [0.25, 0.3) is 0 Å². The number of anilines is 2. The van der Waals surface area contributed by atoms with Gasteiger partial charge in [-0.05, 0) is 38.7 Å². The maximum atomic E-state index is 12.9. The first-order valence-corrected chi connectivity index (χ1v) is 15.8. The van der Waals surface area contributed by atoms with Gasteiger partial charge in [-0.3, -0.25) is 14.5 Å². The van der Waals surface area contributed by atoms with Crippen molar-refractivity contribution in [3.05, 3.63) is 11.6 Å². The number of benzene rings is 1. The van der Waals surface area contributed by atoms with Crippen molar-refractivity contribution in [1.82, 2.24) is 24.7 Å². The number of fused-ring (bicyclic) bond motifs is 2. The second kappa shape index (κ2) is 11.5. The van der Waals surface area contributed by atoms with Crippen LogP contribution in [0.15, 0.2) is 6.07 Å². The number of nitrogens with zero attached hydrogens (tertiary/aromatic N) is 5. The van der Waals surface area contributed by atoms with Crippen LogP contribution in [0.2, 0.25) is 0 Å². The molecule has 1 aromatic carbocycles. The SMILES string of the molecule is Cc1c2nc(NCC(=O)N3CCN(C4CCCC4)CC3)sc2cc2sc(NC(CO)C(=O)N3CCCC3)nc12. The summed E-state index contributed by atoms with van der Waals surface area (Å²) in [6, 6.07) is 2.10. The second-order valence-electron chi connectivity index (χ2n) is 10.9. The van der Waals surface area contributed by atoms with E-state index in [0.717, 1.165) is 89.3 Å². The summed E-state index contributed by atoms with van der Waals surface area (Å²) < 4.78 is 2.03. The van der Waals surface area contributed by atoms with Gasteiger partial charge in [-0.1, -0.05) is 35.5 Å². The number of aromatic nitrogens is 2. The van der Waals surface area contributed by atoms with Crippen molar-refractivity contribution in [3.63, 3.8) is 0 Å². The molecule has 12 heteroatoms. The first kappa shape index (κ1) is 26.7. The number of likely N-dealkylation sites (tertiary alicyclic amines) is 1. The van der Waals surface area contributed by atoms with Crippen molar-refractivity contribution in [2.75, 3.05) is 63.1 Å². The second-order valence-corrected chi connectivity index (χ2v) is 12.9. The van der Waals surface area contributed by atoms with Gasteiger partial charge in [0.2, 0.25) is 11.8 Å². The lowest BCUT2D eigenvalue weighted by Gasteiger charge is -2.38. The van der Waals surface area contributed by atoms with Crippen LogP contribution in [0.5, 0.6) is 0 Å². The van der Waals surface area contributed by atoms with E-state index in [1.165, 1.54) is 48.4 Å². The molecule has 2 aromatic heterocycles. The predicted molar refractivity (Wildman–Crippen MR) is 157 cm³/mol. The van der Waals surface area contributed by atoms with Gasteiger partial charge >= 0.3 is 0 Å². The number of thiazole rings is 2. The zero-order valence-electron chi connectivity index (χ0n) is 22.4. The van der Waals surface area contributed by atoms with E-state index in [0.29, 0.717) is 5.13 Å². The average molecular weight is 572 g/mol. The zero-order valence-corrected chi connectivity index (χ0v) is 24.1. The van der Waals surface area contributed by atoms with Gasteiger partial charge in [-0.2, -0.15) is 0 Å². The number of aliphatic hydroxyl groups excluding tert-OH is 1. The van der Waals surface area contributed by atoms with E-state index in [9.17, 15) is 14.7 Å². The monoisotopic (exact) mass is 571 g/mol. The Morgan fingerprint density at radius 1 is 0.949 bits per heavy atom. The number of amides is 2. The molecular weight excluding hydrogens is 534 g/mol. The maximum Gasteiger partial charge on any atom is 0.247 e. The van der Waals surface area contributed by atoms with Crippen LogP contribution in [-0.2, 0) is 9.59 Å². The fourth-order valence-corrected chi connectivity index (χ4v) is 8.18. The minimum Gasteiger partial charge on any atom is -0.394 e. The molecule has 0 bridgehead atoms. The van der Waals surface area contributed by atoms with Crippen LogP contribution in [0.25, 0.3) is 20.4 Å². The summed E-state index contributed by atoms with van der Waals surface area (Å²) in [6.45, 7) is 7.02. The topological polar surface area (TPSA) is 114 Å². The molecule has 3 aromatic rings. The zero-order chi connectivity index (χ0) is 26.9. The highest BCUT2D eigenvalue weighted by molar-refractivity contribution is 7.24. The Bertz CT molecular complexity index is 1340. The highest BCUT2D eigenvalue weighted by atomic mass is 32.1. The summed E-state index contributed by atoms with van der Waals surface area (Å²) in [6.07, 6.45) is 7.31. The number of aryl methyl sites for hydroxylation is 1. The number of nitrogens with one attached hydrogen (secondary N) is 2. The highest BCUT2D eigenvalue weighted by Gasteiger charge is 2.29. The van der Waals surface area contributed by atoms with Gasteiger partial charge in [0.1, 0.15) is 6.04 Å². The molecule has 1 unspecified atom stereocenters. The first-order valence-electron chi connectivity index (χ1n) is 14.1. The van der Waals surface area contributed by atoms with Gasteiger partial charge in [-0.25, -0.2) is 9.97 Å². The van der Waals surface area contributed by atoms with Gasteiger partial charge in [0.05, 0.1) is 33.6 Å². The van der Waals surface area contributed by atoms with Gasteiger partial charge in [-0.15, -0.1) is 0 Å². The number of hydrogen-bond acceptors (Lipinski definition) is 10. The smallest absolute Gasteiger partial charge is 0.247 e. The fourth-order valence-electron chi connectivity index (χ4n) is 6.13. The number of rotatable bonds is 8. The quantitative estimate of drug-likeness (QED) is 0.378. The minimum absolute atomic E-state index is 0.0745. The summed E-state index contributed by atoms with van der Waals surface area (Å²) in [4.78, 5) is 41.5. The van der Waals surface area contributed by atoms with Crippen LogP contribution >= 0.6 is 22.7 Å². The molecule has 1 aliphatic carbocycles. The van der Waals surface area contributed by atoms with E-state index in [4.69, 9.17) is 9.97 Å². The third-order valence-corrected chi connectivity index (χ3v) is 10.3. The number of piperazine rings is 1. The molecule has 210 valence electrons. The molecule has 3 aliphatic rings. The van der Waals surface area contributed by atoms with Crippen molar-refractivity contribution in [3.8, 4) is 0 Å². The molecule has 2 saturated heterocycles. The molecule has 6 rings (SSSR count). The number of aliphatic hydroxyl groups is 1. The van der Waals surface area contributed by atoms with Gasteiger partial charge < -0.3 is 25.5 Å². The van der Waals surface area contributed by atoms with E-state index < -0.39 is 6.04 Å². The van der Waals surface area contributed by atoms with Gasteiger partial charge in [0.15, 0.2) is 10.3 Å². The van der Waals surface area contributed by atoms with E-state index in [1.54, 1.807) is 0 Å². The number of carbonyl (C=O) groups excluding carboxylic acids is 2. The van der Waals surface area contributed by atoms with Crippen LogP contribution in [0.3, 0.4) is 0 Å². The molecule has 10 nitrogen and oxygen atoms in total. The van der Waals surface area contributed by atoms with E-state index in [-0.39, 0.29) is 25.0 Å². The van der Waals surface area contributed by atoms with Crippen molar-refractivity contribution in [2.45, 2.75) is 57.5 Å². The lowest BCUT2D eigenvalue weighted by molar-refractivity contribution is -0.132. The summed E-state index contributed by atoms with van der Waals surface area (Å²) in [7, 11) is 0. The molecule has 1 atom stereocenters. The summed E-state index contributed by atoms with van der Waals surface area (Å²) in [5, 5.41) is 17.6. The third-order valence-electron chi connectivity index (χ3n) is 8.37. The Morgan fingerprint density at radius 3 is 2.26 bits per heavy atom. The van der Waals surface area contributed by atoms with Crippen molar-refractivity contribution < 1.29 is 14.7 Å². The molecule has 3 fully saturated rings. The average Bonchev–Trinajstić information content (AvgIpc) is 3.77. The van der Waals surface area contributed by atoms with Crippen LogP contribution in [0.1, 0.15) is 44.1 Å². The van der Waals surface area contributed by atoms with E-state index >= 15 is 0 Å². The van der Waals surface area contributed by atoms with E-state index in [1.807, 2.05) is 16.7 Å².